The molecule has 3 N–H and O–H groups in total. The van der Waals surface area contributed by atoms with Crippen LogP contribution in [-0.2, 0) is 6.54 Å². The van der Waals surface area contributed by atoms with E-state index in [0.717, 1.165) is 4.47 Å². The van der Waals surface area contributed by atoms with Gasteiger partial charge in [-0.15, -0.1) is 0 Å². The van der Waals surface area contributed by atoms with Crippen LogP contribution in [0.25, 0.3) is 0 Å². The lowest BCUT2D eigenvalue weighted by molar-refractivity contribution is 0.400. The first-order valence-electron chi connectivity index (χ1n) is 5.12. The van der Waals surface area contributed by atoms with E-state index in [1.807, 2.05) is 0 Å². The van der Waals surface area contributed by atoms with Crippen LogP contribution < -0.4 is 5.32 Å². The fraction of sp³-hybridized carbons (Fsp3) is 0.0833. The highest BCUT2D eigenvalue weighted by atomic mass is 79.9. The van der Waals surface area contributed by atoms with E-state index >= 15 is 0 Å². The number of hydrogen-bond donors (Lipinski definition) is 3. The number of aromatic nitrogens is 1. The molecule has 1 aromatic carbocycles. The predicted octanol–water partition coefficient (Wildman–Crippen LogP) is 3.52. The Kier molecular flexibility index (Phi) is 3.93. The summed E-state index contributed by atoms with van der Waals surface area (Å²) in [5, 5.41) is 22.4. The van der Waals surface area contributed by atoms with Gasteiger partial charge >= 0.3 is 0 Å². The second kappa shape index (κ2) is 5.46. The normalized spacial score (nSPS) is 10.3. The van der Waals surface area contributed by atoms with Crippen LogP contribution >= 0.6 is 27.5 Å². The Balaban J connectivity index is 2.16. The van der Waals surface area contributed by atoms with Gasteiger partial charge in [-0.25, -0.2) is 4.98 Å². The van der Waals surface area contributed by atoms with Crippen molar-refractivity contribution in [2.45, 2.75) is 6.54 Å². The number of para-hydroxylation sites is 1. The monoisotopic (exact) mass is 328 g/mol. The molecule has 6 heteroatoms. The SMILES string of the molecule is Oc1cccc(CNc2cc(Br)cnc2Cl)c1O. The molecule has 0 unspecified atom stereocenters. The number of nitrogens with zero attached hydrogens (tertiary/aromatic N) is 1. The fourth-order valence-corrected chi connectivity index (χ4v) is 1.96. The van der Waals surface area contributed by atoms with Crippen molar-refractivity contribution < 1.29 is 10.2 Å². The van der Waals surface area contributed by atoms with Crippen molar-refractivity contribution in [2.24, 2.45) is 0 Å². The lowest BCUT2D eigenvalue weighted by atomic mass is 10.2. The van der Waals surface area contributed by atoms with Crippen molar-refractivity contribution in [3.63, 3.8) is 0 Å². The maximum Gasteiger partial charge on any atom is 0.162 e. The lowest BCUT2D eigenvalue weighted by Gasteiger charge is -2.10. The van der Waals surface area contributed by atoms with Gasteiger partial charge in [0.25, 0.3) is 0 Å². The number of phenolic OH excluding ortho intramolecular Hbond substituents is 2. The summed E-state index contributed by atoms with van der Waals surface area (Å²) in [5.41, 5.74) is 1.22. The first-order valence-corrected chi connectivity index (χ1v) is 6.30. The minimum atomic E-state index is -0.146. The Bertz CT molecular complexity index is 576. The molecule has 2 aromatic rings. The number of rotatable bonds is 3. The lowest BCUT2D eigenvalue weighted by Crippen LogP contribution is -2.01. The highest BCUT2D eigenvalue weighted by molar-refractivity contribution is 9.10. The van der Waals surface area contributed by atoms with Gasteiger partial charge in [0.15, 0.2) is 16.7 Å². The molecule has 0 fully saturated rings. The van der Waals surface area contributed by atoms with E-state index in [9.17, 15) is 10.2 Å². The summed E-state index contributed by atoms with van der Waals surface area (Å²) in [4.78, 5) is 3.98. The fourth-order valence-electron chi connectivity index (χ4n) is 1.46. The van der Waals surface area contributed by atoms with Crippen LogP contribution in [0.15, 0.2) is 34.9 Å². The van der Waals surface area contributed by atoms with Crippen LogP contribution in [0, 0.1) is 0 Å². The van der Waals surface area contributed by atoms with Crippen molar-refractivity contribution >= 4 is 33.2 Å². The van der Waals surface area contributed by atoms with E-state index < -0.39 is 0 Å². The molecule has 0 radical (unpaired) electrons. The number of hydrogen-bond acceptors (Lipinski definition) is 4. The molecule has 2 rings (SSSR count). The van der Waals surface area contributed by atoms with Crippen LogP contribution in [0.5, 0.6) is 11.5 Å². The van der Waals surface area contributed by atoms with E-state index in [2.05, 4.69) is 26.2 Å². The first-order chi connectivity index (χ1) is 8.58. The second-order valence-electron chi connectivity index (χ2n) is 3.63. The number of halogens is 2. The average Bonchev–Trinajstić information content (AvgIpc) is 2.35. The topological polar surface area (TPSA) is 65.4 Å². The zero-order chi connectivity index (χ0) is 13.1. The molecule has 1 aromatic heterocycles. The third-order valence-corrected chi connectivity index (χ3v) is 3.11. The smallest absolute Gasteiger partial charge is 0.162 e. The molecule has 0 bridgehead atoms. The molecule has 1 heterocycles. The van der Waals surface area contributed by atoms with Gasteiger partial charge in [-0.2, -0.15) is 0 Å². The van der Waals surface area contributed by atoms with Crippen LogP contribution in [0.3, 0.4) is 0 Å². The van der Waals surface area contributed by atoms with Gasteiger partial charge in [-0.05, 0) is 28.1 Å². The molecule has 0 saturated carbocycles. The number of phenols is 2. The third-order valence-electron chi connectivity index (χ3n) is 2.37. The number of benzene rings is 1. The zero-order valence-corrected chi connectivity index (χ0v) is 11.5. The molecular formula is C12H10BrClN2O2. The number of nitrogens with one attached hydrogen (secondary N) is 1. The molecule has 0 atom stereocenters. The molecule has 18 heavy (non-hydrogen) atoms. The molecule has 4 nitrogen and oxygen atoms in total. The molecule has 0 amide bonds. The van der Waals surface area contributed by atoms with E-state index in [1.165, 1.54) is 6.07 Å². The molecule has 0 saturated heterocycles. The number of anilines is 1. The number of aromatic hydroxyl groups is 2. The van der Waals surface area contributed by atoms with E-state index in [1.54, 1.807) is 24.4 Å². The van der Waals surface area contributed by atoms with E-state index in [4.69, 9.17) is 11.6 Å². The molecule has 0 aliphatic heterocycles. The largest absolute Gasteiger partial charge is 0.504 e. The predicted molar refractivity (Wildman–Crippen MR) is 74.0 cm³/mol. The van der Waals surface area contributed by atoms with Crippen LogP contribution in [0.2, 0.25) is 5.15 Å². The van der Waals surface area contributed by atoms with Crippen molar-refractivity contribution in [1.29, 1.82) is 0 Å². The van der Waals surface area contributed by atoms with Crippen molar-refractivity contribution in [3.05, 3.63) is 45.7 Å². The summed E-state index contributed by atoms with van der Waals surface area (Å²) in [5.74, 6) is -0.281. The van der Waals surface area contributed by atoms with Gasteiger partial charge in [-0.1, -0.05) is 23.7 Å². The second-order valence-corrected chi connectivity index (χ2v) is 4.90. The average molecular weight is 330 g/mol. The third kappa shape index (κ3) is 2.86. The maximum absolute atomic E-state index is 9.65. The maximum atomic E-state index is 9.65. The summed E-state index contributed by atoms with van der Waals surface area (Å²) in [6.45, 7) is 0.331. The summed E-state index contributed by atoms with van der Waals surface area (Å²) in [6, 6.07) is 6.58. The summed E-state index contributed by atoms with van der Waals surface area (Å²) in [7, 11) is 0. The standard InChI is InChI=1S/C12H10BrClN2O2/c13-8-4-9(12(14)16-6-8)15-5-7-2-1-3-10(17)11(7)18/h1-4,6,15,17-18H,5H2. The molecule has 0 aliphatic carbocycles. The van der Waals surface area contributed by atoms with Crippen molar-refractivity contribution in [1.82, 2.24) is 4.98 Å². The van der Waals surface area contributed by atoms with Crippen molar-refractivity contribution in [3.8, 4) is 11.5 Å². The van der Waals surface area contributed by atoms with Gasteiger partial charge in [0.1, 0.15) is 0 Å². The summed E-state index contributed by atoms with van der Waals surface area (Å²) >= 11 is 9.23. The Hall–Kier alpha value is -1.46. The minimum Gasteiger partial charge on any atom is -0.504 e. The Labute approximate surface area is 117 Å². The van der Waals surface area contributed by atoms with Gasteiger partial charge in [-0.3, -0.25) is 0 Å². The van der Waals surface area contributed by atoms with Crippen molar-refractivity contribution in [2.75, 3.05) is 5.32 Å². The van der Waals surface area contributed by atoms with E-state index in [-0.39, 0.29) is 11.5 Å². The Morgan fingerprint density at radius 3 is 2.89 bits per heavy atom. The van der Waals surface area contributed by atoms with E-state index in [0.29, 0.717) is 22.9 Å². The summed E-state index contributed by atoms with van der Waals surface area (Å²) < 4.78 is 0.800. The molecule has 94 valence electrons. The zero-order valence-electron chi connectivity index (χ0n) is 9.19. The molecule has 0 spiro atoms. The van der Waals surface area contributed by atoms with Gasteiger partial charge in [0, 0.05) is 22.8 Å². The molecule has 0 aliphatic rings. The van der Waals surface area contributed by atoms with Crippen LogP contribution in [0.1, 0.15) is 5.56 Å². The van der Waals surface area contributed by atoms with Gasteiger partial charge < -0.3 is 15.5 Å². The van der Waals surface area contributed by atoms with Crippen LogP contribution in [-0.4, -0.2) is 15.2 Å². The number of pyridine rings is 1. The molecular weight excluding hydrogens is 320 g/mol. The quantitative estimate of drug-likeness (QED) is 0.595. The minimum absolute atomic E-state index is 0.135. The highest BCUT2D eigenvalue weighted by Crippen LogP contribution is 2.30. The summed E-state index contributed by atoms with van der Waals surface area (Å²) in [6.07, 6.45) is 1.60. The Morgan fingerprint density at radius 2 is 2.11 bits per heavy atom. The first kappa shape index (κ1) is 13.0. The Morgan fingerprint density at radius 1 is 1.33 bits per heavy atom. The van der Waals surface area contributed by atoms with Gasteiger partial charge in [0.2, 0.25) is 0 Å². The van der Waals surface area contributed by atoms with Gasteiger partial charge in [0.05, 0.1) is 5.69 Å². The highest BCUT2D eigenvalue weighted by Gasteiger charge is 2.07. The van der Waals surface area contributed by atoms with Crippen LogP contribution in [0.4, 0.5) is 5.69 Å².